The van der Waals surface area contributed by atoms with Crippen LogP contribution in [-0.2, 0) is 4.74 Å². The molecule has 1 saturated heterocycles. The highest BCUT2D eigenvalue weighted by atomic mass is 16.5. The third kappa shape index (κ3) is 7.05. The molecule has 2 nitrogen and oxygen atoms in total. The van der Waals surface area contributed by atoms with E-state index in [9.17, 15) is 0 Å². The normalized spacial score (nSPS) is 25.1. The standard InChI is InChI=1S/C15H31NO/c1-3-4-5-6-7-8-9-13-17-15-11-10-12-16-14(15)2/h14-16H,3-13H2,1-2H3. The predicted molar refractivity (Wildman–Crippen MR) is 74.4 cm³/mol. The van der Waals surface area contributed by atoms with Crippen molar-refractivity contribution < 1.29 is 4.74 Å². The average molecular weight is 241 g/mol. The first kappa shape index (κ1) is 15.0. The Morgan fingerprint density at radius 3 is 2.47 bits per heavy atom. The molecule has 1 N–H and O–H groups in total. The van der Waals surface area contributed by atoms with E-state index in [0.717, 1.165) is 6.61 Å². The second-order valence-electron chi connectivity index (χ2n) is 5.42. The quantitative estimate of drug-likeness (QED) is 0.618. The summed E-state index contributed by atoms with van der Waals surface area (Å²) in [6.07, 6.45) is 12.5. The van der Waals surface area contributed by atoms with Gasteiger partial charge in [0, 0.05) is 12.6 Å². The number of rotatable bonds is 9. The van der Waals surface area contributed by atoms with E-state index < -0.39 is 0 Å². The third-order valence-corrected chi connectivity index (χ3v) is 3.77. The molecule has 0 saturated carbocycles. The highest BCUT2D eigenvalue weighted by Crippen LogP contribution is 2.13. The Hall–Kier alpha value is -0.0800. The van der Waals surface area contributed by atoms with Gasteiger partial charge in [0.25, 0.3) is 0 Å². The van der Waals surface area contributed by atoms with Crippen molar-refractivity contribution in [1.82, 2.24) is 5.32 Å². The largest absolute Gasteiger partial charge is 0.377 e. The van der Waals surface area contributed by atoms with Crippen molar-refractivity contribution in [3.63, 3.8) is 0 Å². The maximum absolute atomic E-state index is 5.96. The number of ether oxygens (including phenoxy) is 1. The van der Waals surface area contributed by atoms with Crippen molar-refractivity contribution in [3.8, 4) is 0 Å². The van der Waals surface area contributed by atoms with Gasteiger partial charge in [-0.15, -0.1) is 0 Å². The van der Waals surface area contributed by atoms with E-state index in [2.05, 4.69) is 19.2 Å². The molecule has 1 aliphatic rings. The van der Waals surface area contributed by atoms with Gasteiger partial charge in [0.05, 0.1) is 6.10 Å². The van der Waals surface area contributed by atoms with Crippen LogP contribution in [0.25, 0.3) is 0 Å². The van der Waals surface area contributed by atoms with Crippen molar-refractivity contribution in [2.45, 2.75) is 83.8 Å². The van der Waals surface area contributed by atoms with E-state index in [4.69, 9.17) is 4.74 Å². The van der Waals surface area contributed by atoms with Gasteiger partial charge in [-0.25, -0.2) is 0 Å². The molecule has 0 aliphatic carbocycles. The van der Waals surface area contributed by atoms with Crippen LogP contribution in [0.15, 0.2) is 0 Å². The van der Waals surface area contributed by atoms with Crippen LogP contribution in [0, 0.1) is 0 Å². The Balaban J connectivity index is 1.86. The summed E-state index contributed by atoms with van der Waals surface area (Å²) in [5, 5.41) is 3.48. The van der Waals surface area contributed by atoms with E-state index >= 15 is 0 Å². The molecular formula is C15H31NO. The highest BCUT2D eigenvalue weighted by molar-refractivity contribution is 4.77. The Bertz CT molecular complexity index is 172. The molecule has 2 heteroatoms. The van der Waals surface area contributed by atoms with Gasteiger partial charge in [-0.2, -0.15) is 0 Å². The molecule has 2 unspecified atom stereocenters. The third-order valence-electron chi connectivity index (χ3n) is 3.77. The van der Waals surface area contributed by atoms with E-state index in [1.165, 1.54) is 64.3 Å². The average Bonchev–Trinajstić information content (AvgIpc) is 2.35. The number of unbranched alkanes of at least 4 members (excludes halogenated alkanes) is 6. The smallest absolute Gasteiger partial charge is 0.0725 e. The van der Waals surface area contributed by atoms with Crippen LogP contribution in [0.2, 0.25) is 0 Å². The molecule has 2 atom stereocenters. The Labute approximate surface area is 108 Å². The fraction of sp³-hybridized carbons (Fsp3) is 1.00. The van der Waals surface area contributed by atoms with Crippen LogP contribution in [0.5, 0.6) is 0 Å². The SMILES string of the molecule is CCCCCCCCCOC1CCCNC1C. The van der Waals surface area contributed by atoms with Crippen LogP contribution >= 0.6 is 0 Å². The highest BCUT2D eigenvalue weighted by Gasteiger charge is 2.20. The van der Waals surface area contributed by atoms with Crippen LogP contribution < -0.4 is 5.32 Å². The second-order valence-corrected chi connectivity index (χ2v) is 5.42. The van der Waals surface area contributed by atoms with Crippen LogP contribution in [0.1, 0.15) is 71.6 Å². The predicted octanol–water partition coefficient (Wildman–Crippen LogP) is 3.89. The van der Waals surface area contributed by atoms with Crippen molar-refractivity contribution in [2.24, 2.45) is 0 Å². The molecular weight excluding hydrogens is 210 g/mol. The summed E-state index contributed by atoms with van der Waals surface area (Å²) < 4.78 is 5.96. The number of hydrogen-bond acceptors (Lipinski definition) is 2. The minimum atomic E-state index is 0.462. The molecule has 1 aliphatic heterocycles. The lowest BCUT2D eigenvalue weighted by Gasteiger charge is -2.29. The molecule has 0 amide bonds. The molecule has 0 bridgehead atoms. The Morgan fingerprint density at radius 2 is 1.76 bits per heavy atom. The lowest BCUT2D eigenvalue weighted by atomic mass is 10.0. The lowest BCUT2D eigenvalue weighted by molar-refractivity contribution is 0.0107. The van der Waals surface area contributed by atoms with Crippen molar-refractivity contribution in [1.29, 1.82) is 0 Å². The first-order chi connectivity index (χ1) is 8.34. The Kier molecular flexibility index (Phi) is 8.72. The maximum Gasteiger partial charge on any atom is 0.0725 e. The fourth-order valence-corrected chi connectivity index (χ4v) is 2.54. The van der Waals surface area contributed by atoms with E-state index in [1.54, 1.807) is 0 Å². The van der Waals surface area contributed by atoms with E-state index in [0.29, 0.717) is 12.1 Å². The summed E-state index contributed by atoms with van der Waals surface area (Å²) >= 11 is 0. The first-order valence-corrected chi connectivity index (χ1v) is 7.69. The second kappa shape index (κ2) is 9.90. The molecule has 102 valence electrons. The minimum Gasteiger partial charge on any atom is -0.377 e. The van der Waals surface area contributed by atoms with Crippen LogP contribution in [-0.4, -0.2) is 25.3 Å². The Morgan fingerprint density at radius 1 is 1.06 bits per heavy atom. The number of nitrogens with one attached hydrogen (secondary N) is 1. The monoisotopic (exact) mass is 241 g/mol. The van der Waals surface area contributed by atoms with Crippen LogP contribution in [0.3, 0.4) is 0 Å². The molecule has 0 aromatic carbocycles. The molecule has 0 aromatic heterocycles. The van der Waals surface area contributed by atoms with Gasteiger partial charge in [0.2, 0.25) is 0 Å². The van der Waals surface area contributed by atoms with Gasteiger partial charge >= 0.3 is 0 Å². The summed E-state index contributed by atoms with van der Waals surface area (Å²) in [6, 6.07) is 0.549. The summed E-state index contributed by atoms with van der Waals surface area (Å²) in [7, 11) is 0. The van der Waals surface area contributed by atoms with Crippen LogP contribution in [0.4, 0.5) is 0 Å². The van der Waals surface area contributed by atoms with Crippen molar-refractivity contribution >= 4 is 0 Å². The molecule has 0 aromatic rings. The molecule has 17 heavy (non-hydrogen) atoms. The van der Waals surface area contributed by atoms with Gasteiger partial charge in [-0.1, -0.05) is 45.4 Å². The topological polar surface area (TPSA) is 21.3 Å². The number of piperidine rings is 1. The van der Waals surface area contributed by atoms with E-state index in [1.807, 2.05) is 0 Å². The zero-order valence-corrected chi connectivity index (χ0v) is 11.8. The summed E-state index contributed by atoms with van der Waals surface area (Å²) in [6.45, 7) is 6.64. The van der Waals surface area contributed by atoms with Gasteiger partial charge < -0.3 is 10.1 Å². The summed E-state index contributed by atoms with van der Waals surface area (Å²) in [5.74, 6) is 0. The fourth-order valence-electron chi connectivity index (χ4n) is 2.54. The molecule has 1 fully saturated rings. The molecule has 1 rings (SSSR count). The van der Waals surface area contributed by atoms with Gasteiger partial charge in [0.1, 0.15) is 0 Å². The zero-order valence-electron chi connectivity index (χ0n) is 11.8. The molecule has 0 spiro atoms. The first-order valence-electron chi connectivity index (χ1n) is 7.69. The minimum absolute atomic E-state index is 0.462. The van der Waals surface area contributed by atoms with Gasteiger partial charge in [-0.05, 0) is 32.7 Å². The summed E-state index contributed by atoms with van der Waals surface area (Å²) in [5.41, 5.74) is 0. The van der Waals surface area contributed by atoms with Crippen molar-refractivity contribution in [2.75, 3.05) is 13.2 Å². The van der Waals surface area contributed by atoms with E-state index in [-0.39, 0.29) is 0 Å². The van der Waals surface area contributed by atoms with Gasteiger partial charge in [-0.3, -0.25) is 0 Å². The summed E-state index contributed by atoms with van der Waals surface area (Å²) in [4.78, 5) is 0. The van der Waals surface area contributed by atoms with Gasteiger partial charge in [0.15, 0.2) is 0 Å². The zero-order chi connectivity index (χ0) is 12.3. The van der Waals surface area contributed by atoms with Crippen molar-refractivity contribution in [3.05, 3.63) is 0 Å². The maximum atomic E-state index is 5.96. The lowest BCUT2D eigenvalue weighted by Crippen LogP contribution is -2.44. The molecule has 1 heterocycles. The molecule has 0 radical (unpaired) electrons. The number of hydrogen-bond donors (Lipinski definition) is 1.